The van der Waals surface area contributed by atoms with Gasteiger partial charge >= 0.3 is 12.0 Å². The van der Waals surface area contributed by atoms with E-state index in [4.69, 9.17) is 4.74 Å². The van der Waals surface area contributed by atoms with Crippen molar-refractivity contribution in [2.75, 3.05) is 6.61 Å². The quantitative estimate of drug-likeness (QED) is 0.587. The molecule has 26 heavy (non-hydrogen) atoms. The third kappa shape index (κ3) is 8.50. The summed E-state index contributed by atoms with van der Waals surface area (Å²) in [6.45, 7) is 7.77. The fraction of sp³-hybridized carbons (Fsp3) is 0.526. The number of hydrogen-bond acceptors (Lipinski definition) is 4. The van der Waals surface area contributed by atoms with Gasteiger partial charge in [-0.3, -0.25) is 4.79 Å². The van der Waals surface area contributed by atoms with Crippen LogP contribution in [0.1, 0.15) is 56.5 Å². The molecule has 1 atom stereocenters. The number of carbonyl (C=O) groups excluding carboxylic acids is 3. The summed E-state index contributed by atoms with van der Waals surface area (Å²) < 4.78 is 5.02. The first-order valence-electron chi connectivity index (χ1n) is 8.91. The minimum absolute atomic E-state index is 0.0610. The number of benzene rings is 1. The molecule has 1 aromatic carbocycles. The molecule has 1 aromatic rings. The van der Waals surface area contributed by atoms with E-state index < -0.39 is 5.97 Å². The van der Waals surface area contributed by atoms with Crippen molar-refractivity contribution < 1.29 is 19.1 Å². The lowest BCUT2D eigenvalue weighted by atomic mass is 10.1. The van der Waals surface area contributed by atoms with Crippen molar-refractivity contribution in [3.63, 3.8) is 0 Å². The van der Waals surface area contributed by atoms with Crippen molar-refractivity contribution in [3.8, 4) is 0 Å². The van der Waals surface area contributed by atoms with Crippen LogP contribution in [0, 0.1) is 0 Å². The fourth-order valence-electron chi connectivity index (χ4n) is 2.29. The zero-order valence-corrected chi connectivity index (χ0v) is 15.9. The van der Waals surface area contributed by atoms with E-state index in [9.17, 15) is 14.4 Å². The molecule has 0 saturated heterocycles. The Morgan fingerprint density at radius 3 is 2.27 bits per heavy atom. The van der Waals surface area contributed by atoms with E-state index in [1.165, 1.54) is 0 Å². The van der Waals surface area contributed by atoms with Gasteiger partial charge in [-0.25, -0.2) is 9.59 Å². The Morgan fingerprint density at radius 1 is 1.04 bits per heavy atom. The van der Waals surface area contributed by atoms with Gasteiger partial charge in [0.15, 0.2) is 6.61 Å². The van der Waals surface area contributed by atoms with E-state index in [1.54, 1.807) is 24.3 Å². The predicted molar refractivity (Wildman–Crippen MR) is 99.7 cm³/mol. The van der Waals surface area contributed by atoms with Crippen LogP contribution in [-0.2, 0) is 16.1 Å². The van der Waals surface area contributed by atoms with Gasteiger partial charge < -0.3 is 20.7 Å². The Bertz CT molecular complexity index is 599. The summed E-state index contributed by atoms with van der Waals surface area (Å²) in [5.74, 6) is -0.864. The molecule has 1 rings (SSSR count). The average Bonchev–Trinajstić information content (AvgIpc) is 2.58. The summed E-state index contributed by atoms with van der Waals surface area (Å²) in [6.07, 6.45) is 1.85. The van der Waals surface area contributed by atoms with Crippen LogP contribution in [0.4, 0.5) is 4.79 Å². The summed E-state index contributed by atoms with van der Waals surface area (Å²) >= 11 is 0. The summed E-state index contributed by atoms with van der Waals surface area (Å²) in [7, 11) is 0. The smallest absolute Gasteiger partial charge is 0.338 e. The number of amides is 3. The van der Waals surface area contributed by atoms with E-state index in [2.05, 4.69) is 16.0 Å². The molecule has 0 aliphatic carbocycles. The van der Waals surface area contributed by atoms with E-state index in [-0.39, 0.29) is 30.6 Å². The SMILES string of the molecule is CCCC(C)NC(=O)COC(=O)c1ccc(CNC(=O)NC(C)C)cc1. The van der Waals surface area contributed by atoms with Gasteiger partial charge in [-0.05, 0) is 44.9 Å². The van der Waals surface area contributed by atoms with Crippen molar-refractivity contribution in [3.05, 3.63) is 35.4 Å². The van der Waals surface area contributed by atoms with Crippen molar-refractivity contribution in [2.45, 2.75) is 59.2 Å². The van der Waals surface area contributed by atoms with E-state index in [0.29, 0.717) is 12.1 Å². The number of urea groups is 1. The predicted octanol–water partition coefficient (Wildman–Crippen LogP) is 2.36. The number of ether oxygens (including phenoxy) is 1. The van der Waals surface area contributed by atoms with Gasteiger partial charge in [-0.1, -0.05) is 25.5 Å². The summed E-state index contributed by atoms with van der Waals surface area (Å²) in [5.41, 5.74) is 1.21. The molecule has 0 aromatic heterocycles. The topological polar surface area (TPSA) is 96.5 Å². The first-order valence-corrected chi connectivity index (χ1v) is 8.91. The first-order chi connectivity index (χ1) is 12.3. The second kappa shape index (κ2) is 11.1. The molecule has 0 bridgehead atoms. The van der Waals surface area contributed by atoms with Crippen molar-refractivity contribution in [2.24, 2.45) is 0 Å². The lowest BCUT2D eigenvalue weighted by Gasteiger charge is -2.13. The Hall–Kier alpha value is -2.57. The van der Waals surface area contributed by atoms with Crippen molar-refractivity contribution >= 4 is 17.9 Å². The molecular weight excluding hydrogens is 334 g/mol. The van der Waals surface area contributed by atoms with Crippen LogP contribution >= 0.6 is 0 Å². The minimum atomic E-state index is -0.555. The van der Waals surface area contributed by atoms with Crippen molar-refractivity contribution in [1.82, 2.24) is 16.0 Å². The second-order valence-corrected chi connectivity index (χ2v) is 6.51. The van der Waals surface area contributed by atoms with Gasteiger partial charge in [0.1, 0.15) is 0 Å². The zero-order valence-electron chi connectivity index (χ0n) is 15.9. The van der Waals surface area contributed by atoms with Gasteiger partial charge in [0.2, 0.25) is 0 Å². The third-order valence-electron chi connectivity index (χ3n) is 3.53. The molecule has 7 nitrogen and oxygen atoms in total. The summed E-state index contributed by atoms with van der Waals surface area (Å²) in [6, 6.07) is 6.56. The highest BCUT2D eigenvalue weighted by Crippen LogP contribution is 2.06. The number of rotatable bonds is 9. The Morgan fingerprint density at radius 2 is 1.69 bits per heavy atom. The third-order valence-corrected chi connectivity index (χ3v) is 3.53. The maximum Gasteiger partial charge on any atom is 0.338 e. The fourth-order valence-corrected chi connectivity index (χ4v) is 2.29. The molecule has 0 aliphatic rings. The average molecular weight is 363 g/mol. The lowest BCUT2D eigenvalue weighted by molar-refractivity contribution is -0.124. The van der Waals surface area contributed by atoms with Crippen LogP contribution in [0.5, 0.6) is 0 Å². The standard InChI is InChI=1S/C19H29N3O4/c1-5-6-14(4)22-17(23)12-26-18(24)16-9-7-15(8-10-16)11-20-19(25)21-13(2)3/h7-10,13-14H,5-6,11-12H2,1-4H3,(H,22,23)(H2,20,21,25). The molecule has 3 amide bonds. The van der Waals surface area contributed by atoms with Crippen LogP contribution in [-0.4, -0.2) is 36.6 Å². The molecular formula is C19H29N3O4. The Labute approximate surface area is 154 Å². The normalized spacial score (nSPS) is 11.6. The first kappa shape index (κ1) is 21.5. The zero-order chi connectivity index (χ0) is 19.5. The van der Waals surface area contributed by atoms with E-state index in [1.807, 2.05) is 27.7 Å². The maximum absolute atomic E-state index is 12.0. The molecule has 0 spiro atoms. The molecule has 0 heterocycles. The second-order valence-electron chi connectivity index (χ2n) is 6.51. The number of nitrogens with one attached hydrogen (secondary N) is 3. The van der Waals surface area contributed by atoms with Crippen LogP contribution in [0.15, 0.2) is 24.3 Å². The molecule has 144 valence electrons. The molecule has 0 fully saturated rings. The van der Waals surface area contributed by atoms with Crippen molar-refractivity contribution in [1.29, 1.82) is 0 Å². The molecule has 0 radical (unpaired) electrons. The highest BCUT2D eigenvalue weighted by Gasteiger charge is 2.12. The van der Waals surface area contributed by atoms with Gasteiger partial charge in [-0.15, -0.1) is 0 Å². The van der Waals surface area contributed by atoms with E-state index >= 15 is 0 Å². The van der Waals surface area contributed by atoms with Crippen LogP contribution in [0.3, 0.4) is 0 Å². The van der Waals surface area contributed by atoms with Crippen LogP contribution in [0.25, 0.3) is 0 Å². The number of esters is 1. The summed E-state index contributed by atoms with van der Waals surface area (Å²) in [4.78, 5) is 35.2. The number of carbonyl (C=O) groups is 3. The monoisotopic (exact) mass is 363 g/mol. The minimum Gasteiger partial charge on any atom is -0.452 e. The highest BCUT2D eigenvalue weighted by atomic mass is 16.5. The van der Waals surface area contributed by atoms with E-state index in [0.717, 1.165) is 18.4 Å². The summed E-state index contributed by atoms with van der Waals surface area (Å²) in [5, 5.41) is 8.23. The molecule has 0 aliphatic heterocycles. The van der Waals surface area contributed by atoms with Gasteiger partial charge in [0, 0.05) is 18.6 Å². The highest BCUT2D eigenvalue weighted by molar-refractivity contribution is 5.91. The molecule has 0 saturated carbocycles. The van der Waals surface area contributed by atoms with Gasteiger partial charge in [0.25, 0.3) is 5.91 Å². The molecule has 7 heteroatoms. The van der Waals surface area contributed by atoms with Gasteiger partial charge in [-0.2, -0.15) is 0 Å². The molecule has 3 N–H and O–H groups in total. The van der Waals surface area contributed by atoms with Crippen LogP contribution < -0.4 is 16.0 Å². The molecule has 1 unspecified atom stereocenters. The Kier molecular flexibility index (Phi) is 9.19. The number of hydrogen-bond donors (Lipinski definition) is 3. The Balaban J connectivity index is 2.41. The van der Waals surface area contributed by atoms with Gasteiger partial charge in [0.05, 0.1) is 5.56 Å². The maximum atomic E-state index is 12.0. The largest absolute Gasteiger partial charge is 0.452 e. The lowest BCUT2D eigenvalue weighted by Crippen LogP contribution is -2.39. The van der Waals surface area contributed by atoms with Crippen LogP contribution in [0.2, 0.25) is 0 Å².